The van der Waals surface area contributed by atoms with E-state index in [9.17, 15) is 0 Å². The molecule has 0 unspecified atom stereocenters. The van der Waals surface area contributed by atoms with Crippen LogP contribution in [0.4, 0.5) is 5.69 Å². The maximum atomic E-state index is 5.72. The second-order valence-corrected chi connectivity index (χ2v) is 4.71. The third-order valence-electron chi connectivity index (χ3n) is 3.17. The highest BCUT2D eigenvalue weighted by atomic mass is 16.5. The topological polar surface area (TPSA) is 44.5 Å². The number of rotatable bonds is 7. The number of nitrogens with two attached hydrogens (primary N) is 1. The Labute approximate surface area is 120 Å². The van der Waals surface area contributed by atoms with Gasteiger partial charge in [-0.25, -0.2) is 0 Å². The molecule has 20 heavy (non-hydrogen) atoms. The zero-order chi connectivity index (χ0) is 14.2. The molecule has 0 heterocycles. The lowest BCUT2D eigenvalue weighted by atomic mass is 10.1. The predicted molar refractivity (Wildman–Crippen MR) is 81.8 cm³/mol. The summed E-state index contributed by atoms with van der Waals surface area (Å²) in [7, 11) is 1.65. The fourth-order valence-electron chi connectivity index (χ4n) is 2.09. The number of ether oxygens (including phenoxy) is 2. The van der Waals surface area contributed by atoms with Gasteiger partial charge in [0, 0.05) is 23.9 Å². The van der Waals surface area contributed by atoms with E-state index < -0.39 is 0 Å². The van der Waals surface area contributed by atoms with Crippen LogP contribution >= 0.6 is 0 Å². The maximum absolute atomic E-state index is 5.72. The van der Waals surface area contributed by atoms with Crippen molar-refractivity contribution < 1.29 is 9.47 Å². The number of benzene rings is 2. The second-order valence-electron chi connectivity index (χ2n) is 4.71. The summed E-state index contributed by atoms with van der Waals surface area (Å²) < 4.78 is 11.0. The molecular weight excluding hydrogens is 250 g/mol. The summed E-state index contributed by atoms with van der Waals surface area (Å²) in [6, 6.07) is 16.1. The predicted octanol–water partition coefficient (Wildman–Crippen LogP) is 3.43. The van der Waals surface area contributed by atoms with Gasteiger partial charge < -0.3 is 15.2 Å². The van der Waals surface area contributed by atoms with Crippen LogP contribution in [-0.2, 0) is 17.8 Å². The summed E-state index contributed by atoms with van der Waals surface area (Å²) in [4.78, 5) is 0. The van der Waals surface area contributed by atoms with E-state index in [1.165, 1.54) is 5.56 Å². The molecule has 2 N–H and O–H groups in total. The summed E-state index contributed by atoms with van der Waals surface area (Å²) in [5.41, 5.74) is 8.80. The molecule has 0 amide bonds. The molecule has 0 saturated heterocycles. The van der Waals surface area contributed by atoms with Crippen molar-refractivity contribution in [2.75, 3.05) is 19.5 Å². The van der Waals surface area contributed by atoms with Crippen LogP contribution in [0.15, 0.2) is 48.5 Å². The molecular formula is C17H21NO2. The van der Waals surface area contributed by atoms with E-state index >= 15 is 0 Å². The highest BCUT2D eigenvalue weighted by molar-refractivity contribution is 5.48. The molecule has 0 spiro atoms. The molecule has 0 atom stereocenters. The van der Waals surface area contributed by atoms with Gasteiger partial charge in [-0.3, -0.25) is 0 Å². The number of nitrogen functional groups attached to an aromatic ring is 1. The zero-order valence-electron chi connectivity index (χ0n) is 11.8. The summed E-state index contributed by atoms with van der Waals surface area (Å²) in [5.74, 6) is 0.785. The summed E-state index contributed by atoms with van der Waals surface area (Å²) in [6.45, 7) is 1.29. The maximum Gasteiger partial charge on any atom is 0.126 e. The fraction of sp³-hybridized carbons (Fsp3) is 0.294. The molecule has 0 aromatic heterocycles. The van der Waals surface area contributed by atoms with E-state index in [0.29, 0.717) is 12.3 Å². The number of hydrogen-bond acceptors (Lipinski definition) is 3. The average molecular weight is 271 g/mol. The summed E-state index contributed by atoms with van der Waals surface area (Å²) >= 11 is 0. The standard InChI is InChI=1S/C17H21NO2/c1-19-17-12-16(18)10-9-15(17)13-20-11-5-8-14-6-3-2-4-7-14/h2-4,6-7,9-10,12H,5,8,11,13,18H2,1H3. The van der Waals surface area contributed by atoms with Gasteiger partial charge in [0.2, 0.25) is 0 Å². The van der Waals surface area contributed by atoms with Crippen molar-refractivity contribution in [1.29, 1.82) is 0 Å². The third-order valence-corrected chi connectivity index (χ3v) is 3.17. The van der Waals surface area contributed by atoms with E-state index in [1.54, 1.807) is 7.11 Å². The SMILES string of the molecule is COc1cc(N)ccc1COCCCc1ccccc1. The van der Waals surface area contributed by atoms with E-state index in [4.69, 9.17) is 15.2 Å². The Hall–Kier alpha value is -2.00. The highest BCUT2D eigenvalue weighted by Crippen LogP contribution is 2.22. The van der Waals surface area contributed by atoms with Gasteiger partial charge in [-0.2, -0.15) is 0 Å². The molecule has 0 radical (unpaired) electrons. The van der Waals surface area contributed by atoms with Crippen molar-refractivity contribution in [3.63, 3.8) is 0 Å². The number of hydrogen-bond donors (Lipinski definition) is 1. The van der Waals surface area contributed by atoms with Crippen molar-refractivity contribution in [1.82, 2.24) is 0 Å². The van der Waals surface area contributed by atoms with E-state index in [0.717, 1.165) is 30.8 Å². The Morgan fingerprint density at radius 2 is 1.85 bits per heavy atom. The van der Waals surface area contributed by atoms with Crippen molar-refractivity contribution >= 4 is 5.69 Å². The number of methoxy groups -OCH3 is 1. The zero-order valence-corrected chi connectivity index (χ0v) is 11.8. The first-order chi connectivity index (χ1) is 9.79. The van der Waals surface area contributed by atoms with Crippen molar-refractivity contribution in [3.05, 3.63) is 59.7 Å². The number of aryl methyl sites for hydroxylation is 1. The number of anilines is 1. The third kappa shape index (κ3) is 4.28. The Balaban J connectivity index is 1.73. The second kappa shape index (κ2) is 7.56. The average Bonchev–Trinajstić information content (AvgIpc) is 2.49. The van der Waals surface area contributed by atoms with Gasteiger partial charge in [-0.15, -0.1) is 0 Å². The summed E-state index contributed by atoms with van der Waals surface area (Å²) in [6.07, 6.45) is 2.06. The molecule has 3 heteroatoms. The first-order valence-electron chi connectivity index (χ1n) is 6.83. The van der Waals surface area contributed by atoms with Crippen LogP contribution in [0, 0.1) is 0 Å². The van der Waals surface area contributed by atoms with Gasteiger partial charge in [0.05, 0.1) is 13.7 Å². The van der Waals surface area contributed by atoms with Gasteiger partial charge in [0.1, 0.15) is 5.75 Å². The molecule has 2 aromatic carbocycles. The van der Waals surface area contributed by atoms with E-state index in [-0.39, 0.29) is 0 Å². The van der Waals surface area contributed by atoms with Gasteiger partial charge >= 0.3 is 0 Å². The van der Waals surface area contributed by atoms with Gasteiger partial charge in [-0.1, -0.05) is 36.4 Å². The van der Waals surface area contributed by atoms with Crippen LogP contribution in [0.5, 0.6) is 5.75 Å². The Kier molecular flexibility index (Phi) is 5.44. The normalized spacial score (nSPS) is 10.4. The molecule has 0 aliphatic rings. The van der Waals surface area contributed by atoms with Gasteiger partial charge in [0.25, 0.3) is 0 Å². The lowest BCUT2D eigenvalue weighted by Gasteiger charge is -2.10. The van der Waals surface area contributed by atoms with E-state index in [1.807, 2.05) is 24.3 Å². The fourth-order valence-corrected chi connectivity index (χ4v) is 2.09. The Morgan fingerprint density at radius 3 is 2.60 bits per heavy atom. The largest absolute Gasteiger partial charge is 0.496 e. The van der Waals surface area contributed by atoms with Crippen LogP contribution in [0.1, 0.15) is 17.5 Å². The molecule has 106 valence electrons. The first-order valence-corrected chi connectivity index (χ1v) is 6.83. The lowest BCUT2D eigenvalue weighted by molar-refractivity contribution is 0.117. The van der Waals surface area contributed by atoms with Crippen LogP contribution < -0.4 is 10.5 Å². The Morgan fingerprint density at radius 1 is 1.05 bits per heavy atom. The van der Waals surface area contributed by atoms with Crippen molar-refractivity contribution in [2.45, 2.75) is 19.4 Å². The minimum atomic E-state index is 0.554. The van der Waals surface area contributed by atoms with E-state index in [2.05, 4.69) is 24.3 Å². The first kappa shape index (κ1) is 14.4. The molecule has 0 fully saturated rings. The highest BCUT2D eigenvalue weighted by Gasteiger charge is 2.03. The molecule has 2 aromatic rings. The molecule has 0 aliphatic carbocycles. The molecule has 0 bridgehead atoms. The monoisotopic (exact) mass is 271 g/mol. The van der Waals surface area contributed by atoms with Gasteiger partial charge in [-0.05, 0) is 24.5 Å². The van der Waals surface area contributed by atoms with Crippen LogP contribution in [0.3, 0.4) is 0 Å². The Bertz CT molecular complexity index is 526. The quantitative estimate of drug-likeness (QED) is 0.620. The minimum absolute atomic E-state index is 0.554. The molecule has 0 aliphatic heterocycles. The van der Waals surface area contributed by atoms with Gasteiger partial charge in [0.15, 0.2) is 0 Å². The minimum Gasteiger partial charge on any atom is -0.496 e. The van der Waals surface area contributed by atoms with Crippen LogP contribution in [-0.4, -0.2) is 13.7 Å². The molecule has 3 nitrogen and oxygen atoms in total. The van der Waals surface area contributed by atoms with Crippen LogP contribution in [0.25, 0.3) is 0 Å². The van der Waals surface area contributed by atoms with Crippen LogP contribution in [0.2, 0.25) is 0 Å². The molecule has 0 saturated carbocycles. The van der Waals surface area contributed by atoms with Crippen molar-refractivity contribution in [2.24, 2.45) is 0 Å². The van der Waals surface area contributed by atoms with Crippen molar-refractivity contribution in [3.8, 4) is 5.75 Å². The summed E-state index contributed by atoms with van der Waals surface area (Å²) in [5, 5.41) is 0. The molecule has 2 rings (SSSR count). The lowest BCUT2D eigenvalue weighted by Crippen LogP contribution is -2.00. The smallest absolute Gasteiger partial charge is 0.126 e.